The van der Waals surface area contributed by atoms with E-state index in [1.54, 1.807) is 30.3 Å². The third kappa shape index (κ3) is 1.98. The normalized spacial score (nSPS) is 12.6. The van der Waals surface area contributed by atoms with Crippen LogP contribution in [0.1, 0.15) is 11.9 Å². The third-order valence-electron chi connectivity index (χ3n) is 2.60. The molecule has 0 saturated carbocycles. The van der Waals surface area contributed by atoms with Crippen molar-refractivity contribution in [1.82, 2.24) is 0 Å². The molecule has 2 aromatic rings. The molecule has 5 nitrogen and oxygen atoms in total. The minimum atomic E-state index is -1.29. The van der Waals surface area contributed by atoms with Gasteiger partial charge in [0.1, 0.15) is 0 Å². The van der Waals surface area contributed by atoms with Gasteiger partial charge in [-0.3, -0.25) is 10.1 Å². The first-order valence-electron chi connectivity index (χ1n) is 5.02. The molecule has 0 fully saturated rings. The SMILES string of the molecule is COC(O)c1ccc2ccccc2c1[N+](=O)[O-]. The largest absolute Gasteiger partial charge is 0.364 e. The summed E-state index contributed by atoms with van der Waals surface area (Å²) in [6.45, 7) is 0. The van der Waals surface area contributed by atoms with Crippen LogP contribution in [0.25, 0.3) is 10.8 Å². The summed E-state index contributed by atoms with van der Waals surface area (Å²) in [5.74, 6) is 0. The van der Waals surface area contributed by atoms with Gasteiger partial charge in [-0.2, -0.15) is 0 Å². The molecule has 1 unspecified atom stereocenters. The molecule has 17 heavy (non-hydrogen) atoms. The van der Waals surface area contributed by atoms with Gasteiger partial charge in [0.15, 0.2) is 6.29 Å². The van der Waals surface area contributed by atoms with Crippen LogP contribution in [0.5, 0.6) is 0 Å². The second kappa shape index (κ2) is 4.48. The molecule has 0 aliphatic rings. The average molecular weight is 233 g/mol. The van der Waals surface area contributed by atoms with Gasteiger partial charge in [-0.15, -0.1) is 0 Å². The van der Waals surface area contributed by atoms with Crippen LogP contribution in [0.4, 0.5) is 5.69 Å². The fourth-order valence-corrected chi connectivity index (χ4v) is 1.80. The van der Waals surface area contributed by atoms with E-state index < -0.39 is 11.2 Å². The lowest BCUT2D eigenvalue weighted by Crippen LogP contribution is -2.04. The van der Waals surface area contributed by atoms with Crippen LogP contribution < -0.4 is 0 Å². The Kier molecular flexibility index (Phi) is 3.03. The number of hydrogen-bond acceptors (Lipinski definition) is 4. The molecule has 0 bridgehead atoms. The summed E-state index contributed by atoms with van der Waals surface area (Å²) in [7, 11) is 1.30. The minimum Gasteiger partial charge on any atom is -0.364 e. The first-order valence-corrected chi connectivity index (χ1v) is 5.02. The zero-order chi connectivity index (χ0) is 12.4. The molecule has 5 heteroatoms. The van der Waals surface area contributed by atoms with Gasteiger partial charge in [0.2, 0.25) is 0 Å². The zero-order valence-electron chi connectivity index (χ0n) is 9.16. The van der Waals surface area contributed by atoms with Gasteiger partial charge in [-0.1, -0.05) is 24.3 Å². The van der Waals surface area contributed by atoms with Gasteiger partial charge in [-0.05, 0) is 17.5 Å². The number of nitro benzene ring substituents is 1. The molecule has 0 aliphatic carbocycles. The van der Waals surface area contributed by atoms with E-state index >= 15 is 0 Å². The number of nitro groups is 1. The molecular formula is C12H11NO4. The molecular weight excluding hydrogens is 222 g/mol. The number of hydrogen-bond donors (Lipinski definition) is 1. The Morgan fingerprint density at radius 2 is 2.00 bits per heavy atom. The molecule has 0 amide bonds. The number of nitrogens with zero attached hydrogens (tertiary/aromatic N) is 1. The summed E-state index contributed by atoms with van der Waals surface area (Å²) in [4.78, 5) is 10.6. The van der Waals surface area contributed by atoms with E-state index in [4.69, 9.17) is 4.74 Å². The molecule has 2 rings (SSSR count). The molecule has 0 heterocycles. The number of rotatable bonds is 3. The Hall–Kier alpha value is -1.98. The Morgan fingerprint density at radius 1 is 1.29 bits per heavy atom. The number of aliphatic hydroxyl groups excluding tert-OH is 1. The van der Waals surface area contributed by atoms with Crippen molar-refractivity contribution in [2.45, 2.75) is 6.29 Å². The lowest BCUT2D eigenvalue weighted by molar-refractivity contribution is -0.385. The highest BCUT2D eigenvalue weighted by molar-refractivity contribution is 5.92. The average Bonchev–Trinajstić information content (AvgIpc) is 2.36. The maximum absolute atomic E-state index is 11.1. The van der Waals surface area contributed by atoms with Crippen LogP contribution >= 0.6 is 0 Å². The van der Waals surface area contributed by atoms with Crippen molar-refractivity contribution < 1.29 is 14.8 Å². The zero-order valence-corrected chi connectivity index (χ0v) is 9.16. The molecule has 1 N–H and O–H groups in total. The summed E-state index contributed by atoms with van der Waals surface area (Å²) in [5.41, 5.74) is 0.0497. The first-order chi connectivity index (χ1) is 8.15. The van der Waals surface area contributed by atoms with Gasteiger partial charge < -0.3 is 9.84 Å². The third-order valence-corrected chi connectivity index (χ3v) is 2.60. The van der Waals surface area contributed by atoms with Crippen LogP contribution in [-0.2, 0) is 4.74 Å². The van der Waals surface area contributed by atoms with Crippen molar-refractivity contribution in [1.29, 1.82) is 0 Å². The highest BCUT2D eigenvalue weighted by Crippen LogP contribution is 2.33. The maximum Gasteiger partial charge on any atom is 0.285 e. The number of aliphatic hydroxyl groups is 1. The van der Waals surface area contributed by atoms with E-state index in [-0.39, 0.29) is 11.3 Å². The standard InChI is InChI=1S/C12H11NO4/c1-17-12(14)10-7-6-8-4-2-3-5-9(8)11(10)13(15)16/h2-7,12,14H,1H3. The fraction of sp³-hybridized carbons (Fsp3) is 0.167. The van der Waals surface area contributed by atoms with Crippen LogP contribution in [0.2, 0.25) is 0 Å². The van der Waals surface area contributed by atoms with Crippen LogP contribution in [0.15, 0.2) is 36.4 Å². The molecule has 1 atom stereocenters. The fourth-order valence-electron chi connectivity index (χ4n) is 1.80. The van der Waals surface area contributed by atoms with E-state index in [1.807, 2.05) is 0 Å². The van der Waals surface area contributed by atoms with Crippen molar-refractivity contribution in [3.8, 4) is 0 Å². The first kappa shape index (κ1) is 11.5. The van der Waals surface area contributed by atoms with Gasteiger partial charge in [0.05, 0.1) is 15.9 Å². The van der Waals surface area contributed by atoms with E-state index in [2.05, 4.69) is 0 Å². The number of fused-ring (bicyclic) bond motifs is 1. The Labute approximate surface area is 97.4 Å². The van der Waals surface area contributed by atoms with Crippen molar-refractivity contribution in [2.75, 3.05) is 7.11 Å². The van der Waals surface area contributed by atoms with E-state index in [1.165, 1.54) is 13.2 Å². The van der Waals surface area contributed by atoms with Gasteiger partial charge in [0.25, 0.3) is 5.69 Å². The topological polar surface area (TPSA) is 72.6 Å². The second-order valence-corrected chi connectivity index (χ2v) is 3.57. The van der Waals surface area contributed by atoms with E-state index in [0.29, 0.717) is 5.39 Å². The highest BCUT2D eigenvalue weighted by atomic mass is 16.6. The van der Waals surface area contributed by atoms with E-state index in [9.17, 15) is 15.2 Å². The Morgan fingerprint density at radius 3 is 2.65 bits per heavy atom. The van der Waals surface area contributed by atoms with Gasteiger partial charge in [0, 0.05) is 7.11 Å². The quantitative estimate of drug-likeness (QED) is 0.502. The molecule has 0 aromatic heterocycles. The molecule has 88 valence electrons. The van der Waals surface area contributed by atoms with Crippen LogP contribution in [0.3, 0.4) is 0 Å². The summed E-state index contributed by atoms with van der Waals surface area (Å²) in [6, 6.07) is 10.2. The van der Waals surface area contributed by atoms with Crippen molar-refractivity contribution in [3.05, 3.63) is 52.1 Å². The van der Waals surface area contributed by atoms with Crippen molar-refractivity contribution >= 4 is 16.5 Å². The lowest BCUT2D eigenvalue weighted by Gasteiger charge is -2.10. The molecule has 0 radical (unpaired) electrons. The number of benzene rings is 2. The van der Waals surface area contributed by atoms with Gasteiger partial charge >= 0.3 is 0 Å². The minimum absolute atomic E-state index is 0.113. The van der Waals surface area contributed by atoms with Crippen LogP contribution in [0, 0.1) is 10.1 Å². The summed E-state index contributed by atoms with van der Waals surface area (Å²) in [6.07, 6.45) is -1.29. The summed E-state index contributed by atoms with van der Waals surface area (Å²) >= 11 is 0. The predicted molar refractivity (Wildman–Crippen MR) is 62.6 cm³/mol. The summed E-state index contributed by atoms with van der Waals surface area (Å²) in [5, 5.41) is 21.9. The smallest absolute Gasteiger partial charge is 0.285 e. The predicted octanol–water partition coefficient (Wildman–Crippen LogP) is 2.39. The number of methoxy groups -OCH3 is 1. The molecule has 2 aromatic carbocycles. The summed E-state index contributed by atoms with van der Waals surface area (Å²) < 4.78 is 4.73. The lowest BCUT2D eigenvalue weighted by atomic mass is 10.0. The Bertz CT molecular complexity index is 567. The maximum atomic E-state index is 11.1. The van der Waals surface area contributed by atoms with E-state index in [0.717, 1.165) is 5.39 Å². The highest BCUT2D eigenvalue weighted by Gasteiger charge is 2.23. The van der Waals surface area contributed by atoms with Crippen molar-refractivity contribution in [2.24, 2.45) is 0 Å². The molecule has 0 aliphatic heterocycles. The monoisotopic (exact) mass is 233 g/mol. The van der Waals surface area contributed by atoms with Gasteiger partial charge in [-0.25, -0.2) is 0 Å². The number of ether oxygens (including phenoxy) is 1. The molecule has 0 spiro atoms. The van der Waals surface area contributed by atoms with Crippen molar-refractivity contribution in [3.63, 3.8) is 0 Å². The molecule has 0 saturated heterocycles. The Balaban J connectivity index is 2.77. The second-order valence-electron chi connectivity index (χ2n) is 3.57. The van der Waals surface area contributed by atoms with Crippen LogP contribution in [-0.4, -0.2) is 17.1 Å².